The van der Waals surface area contributed by atoms with Crippen molar-refractivity contribution in [2.75, 3.05) is 0 Å². The molecule has 7 heteroatoms. The molecule has 84 valence electrons. The van der Waals surface area contributed by atoms with Crippen molar-refractivity contribution in [3.05, 3.63) is 29.8 Å². The van der Waals surface area contributed by atoms with Gasteiger partial charge < -0.3 is 0 Å². The molecule has 0 atom stereocenters. The molecule has 5 nitrogen and oxygen atoms in total. The minimum Gasteiger partial charge on any atom is -0.223 e. The van der Waals surface area contributed by atoms with Gasteiger partial charge in [-0.2, -0.15) is 4.37 Å². The normalized spacial score (nSPS) is 11.6. The molecule has 16 heavy (non-hydrogen) atoms. The van der Waals surface area contributed by atoms with Gasteiger partial charge in [0.25, 0.3) is 10.0 Å². The zero-order chi connectivity index (χ0) is 11.8. The Kier molecular flexibility index (Phi) is 2.75. The lowest BCUT2D eigenvalue weighted by atomic mass is 10.1. The second-order valence-electron chi connectivity index (χ2n) is 3.30. The first-order chi connectivity index (χ1) is 7.47. The zero-order valence-electron chi connectivity index (χ0n) is 8.41. The highest BCUT2D eigenvalue weighted by Gasteiger charge is 2.15. The highest BCUT2D eigenvalue weighted by Crippen LogP contribution is 2.20. The van der Waals surface area contributed by atoms with Gasteiger partial charge in [0, 0.05) is 5.56 Å². The molecular weight excluding hydrogens is 246 g/mol. The van der Waals surface area contributed by atoms with E-state index in [-0.39, 0.29) is 4.34 Å². The van der Waals surface area contributed by atoms with Crippen LogP contribution in [0, 0.1) is 6.92 Å². The number of nitrogens with zero attached hydrogens (tertiary/aromatic N) is 2. The Hall–Kier alpha value is -1.31. The second-order valence-corrected chi connectivity index (χ2v) is 5.79. The highest BCUT2D eigenvalue weighted by molar-refractivity contribution is 7.91. The molecule has 0 saturated heterocycles. The highest BCUT2D eigenvalue weighted by atomic mass is 32.2. The molecule has 0 aliphatic heterocycles. The van der Waals surface area contributed by atoms with E-state index in [4.69, 9.17) is 5.14 Å². The maximum Gasteiger partial charge on any atom is 0.266 e. The molecule has 0 aliphatic rings. The second kappa shape index (κ2) is 3.93. The Morgan fingerprint density at radius 1 is 1.38 bits per heavy atom. The van der Waals surface area contributed by atoms with Crippen LogP contribution < -0.4 is 5.14 Å². The predicted octanol–water partition coefficient (Wildman–Crippen LogP) is 1.16. The maximum atomic E-state index is 11.0. The Bertz CT molecular complexity index is 619. The van der Waals surface area contributed by atoms with Gasteiger partial charge in [-0.1, -0.05) is 23.8 Å². The van der Waals surface area contributed by atoms with Crippen LogP contribution in [0.4, 0.5) is 0 Å². The molecule has 1 heterocycles. The van der Waals surface area contributed by atoms with Crippen LogP contribution in [0.15, 0.2) is 28.6 Å². The SMILES string of the molecule is Cc1cccc(-c2nsc(S(N)(=O)=O)n2)c1. The summed E-state index contributed by atoms with van der Waals surface area (Å²) in [7, 11) is -3.76. The summed E-state index contributed by atoms with van der Waals surface area (Å²) in [4.78, 5) is 3.89. The zero-order valence-corrected chi connectivity index (χ0v) is 10.0. The molecule has 0 fully saturated rings. The Morgan fingerprint density at radius 2 is 2.12 bits per heavy atom. The summed E-state index contributed by atoms with van der Waals surface area (Å²) in [5, 5.41) is 4.96. The lowest BCUT2D eigenvalue weighted by Gasteiger charge is -1.96. The van der Waals surface area contributed by atoms with Crippen molar-refractivity contribution < 1.29 is 8.42 Å². The topological polar surface area (TPSA) is 85.9 Å². The van der Waals surface area contributed by atoms with E-state index >= 15 is 0 Å². The molecule has 0 saturated carbocycles. The Balaban J connectivity index is 2.47. The first-order valence-corrected chi connectivity index (χ1v) is 6.72. The molecule has 0 aliphatic carbocycles. The quantitative estimate of drug-likeness (QED) is 0.872. The summed E-state index contributed by atoms with van der Waals surface area (Å²) in [6.45, 7) is 1.94. The van der Waals surface area contributed by atoms with Gasteiger partial charge >= 0.3 is 0 Å². The van der Waals surface area contributed by atoms with E-state index in [0.29, 0.717) is 5.82 Å². The smallest absolute Gasteiger partial charge is 0.223 e. The number of rotatable bonds is 2. The largest absolute Gasteiger partial charge is 0.266 e. The molecule has 1 aromatic carbocycles. The Morgan fingerprint density at radius 3 is 2.69 bits per heavy atom. The van der Waals surface area contributed by atoms with Crippen molar-refractivity contribution in [2.24, 2.45) is 5.14 Å². The van der Waals surface area contributed by atoms with Gasteiger partial charge in [-0.25, -0.2) is 18.5 Å². The van der Waals surface area contributed by atoms with Crippen molar-refractivity contribution >= 4 is 21.6 Å². The van der Waals surface area contributed by atoms with Gasteiger partial charge in [-0.05, 0) is 24.5 Å². The first kappa shape index (κ1) is 11.2. The third kappa shape index (κ3) is 2.26. The summed E-state index contributed by atoms with van der Waals surface area (Å²) in [6.07, 6.45) is 0. The standard InChI is InChI=1S/C9H9N3O2S2/c1-6-3-2-4-7(5-6)8-11-9(15-12-8)16(10,13)14/h2-5H,1H3,(H2,10,13,14). The monoisotopic (exact) mass is 255 g/mol. The fourth-order valence-corrected chi connectivity index (χ4v) is 2.41. The van der Waals surface area contributed by atoms with Crippen molar-refractivity contribution in [3.63, 3.8) is 0 Å². The molecule has 1 aromatic heterocycles. The van der Waals surface area contributed by atoms with Gasteiger partial charge in [0.15, 0.2) is 5.82 Å². The fraction of sp³-hybridized carbons (Fsp3) is 0.111. The van der Waals surface area contributed by atoms with Gasteiger partial charge in [0.05, 0.1) is 0 Å². The summed E-state index contributed by atoms with van der Waals surface area (Å²) in [5.41, 5.74) is 1.84. The van der Waals surface area contributed by atoms with Crippen LogP contribution in [0.5, 0.6) is 0 Å². The van der Waals surface area contributed by atoms with Crippen LogP contribution in [0.2, 0.25) is 0 Å². The minimum atomic E-state index is -3.76. The molecular formula is C9H9N3O2S2. The molecule has 0 radical (unpaired) electrons. The minimum absolute atomic E-state index is 0.163. The molecule has 0 spiro atoms. The van der Waals surface area contributed by atoms with E-state index in [1.807, 2.05) is 31.2 Å². The summed E-state index contributed by atoms with van der Waals surface area (Å²) < 4.78 is 25.9. The number of aryl methyl sites for hydroxylation is 1. The van der Waals surface area contributed by atoms with E-state index < -0.39 is 10.0 Å². The van der Waals surface area contributed by atoms with E-state index in [9.17, 15) is 8.42 Å². The van der Waals surface area contributed by atoms with Crippen molar-refractivity contribution in [1.29, 1.82) is 0 Å². The van der Waals surface area contributed by atoms with Gasteiger partial charge in [0.1, 0.15) is 0 Å². The molecule has 0 amide bonds. The Labute approximate surface area is 97.2 Å². The summed E-state index contributed by atoms with van der Waals surface area (Å²) >= 11 is 0.783. The number of nitrogens with two attached hydrogens (primary N) is 1. The van der Waals surface area contributed by atoms with Crippen LogP contribution in [0.1, 0.15) is 5.56 Å². The average molecular weight is 255 g/mol. The third-order valence-electron chi connectivity index (χ3n) is 1.93. The van der Waals surface area contributed by atoms with Gasteiger partial charge in [-0.3, -0.25) is 0 Å². The van der Waals surface area contributed by atoms with Gasteiger partial charge in [-0.15, -0.1) is 0 Å². The van der Waals surface area contributed by atoms with Crippen molar-refractivity contribution in [2.45, 2.75) is 11.3 Å². The number of hydrogen-bond acceptors (Lipinski definition) is 5. The maximum absolute atomic E-state index is 11.0. The van der Waals surface area contributed by atoms with Crippen LogP contribution in [0.3, 0.4) is 0 Å². The molecule has 2 rings (SSSR count). The lowest BCUT2D eigenvalue weighted by molar-refractivity contribution is 0.597. The fourth-order valence-electron chi connectivity index (χ4n) is 1.23. The first-order valence-electron chi connectivity index (χ1n) is 4.40. The van der Waals surface area contributed by atoms with Crippen LogP contribution in [0.25, 0.3) is 11.4 Å². The number of sulfonamides is 1. The van der Waals surface area contributed by atoms with E-state index in [1.54, 1.807) is 0 Å². The average Bonchev–Trinajstić information content (AvgIpc) is 2.65. The van der Waals surface area contributed by atoms with Crippen LogP contribution in [-0.2, 0) is 10.0 Å². The lowest BCUT2D eigenvalue weighted by Crippen LogP contribution is -2.11. The number of aromatic nitrogens is 2. The number of primary sulfonamides is 1. The van der Waals surface area contributed by atoms with E-state index in [0.717, 1.165) is 22.7 Å². The van der Waals surface area contributed by atoms with Crippen LogP contribution in [-0.4, -0.2) is 17.8 Å². The van der Waals surface area contributed by atoms with Crippen molar-refractivity contribution in [1.82, 2.24) is 9.36 Å². The van der Waals surface area contributed by atoms with E-state index in [2.05, 4.69) is 9.36 Å². The van der Waals surface area contributed by atoms with E-state index in [1.165, 1.54) is 0 Å². The summed E-state index contributed by atoms with van der Waals surface area (Å²) in [6, 6.07) is 7.51. The molecule has 0 unspecified atom stereocenters. The van der Waals surface area contributed by atoms with Gasteiger partial charge in [0.2, 0.25) is 4.34 Å². The predicted molar refractivity (Wildman–Crippen MR) is 61.5 cm³/mol. The third-order valence-corrected chi connectivity index (χ3v) is 3.94. The van der Waals surface area contributed by atoms with Crippen LogP contribution >= 0.6 is 11.5 Å². The number of benzene rings is 1. The summed E-state index contributed by atoms with van der Waals surface area (Å²) in [5.74, 6) is 0.387. The molecule has 2 N–H and O–H groups in total. The number of hydrogen-bond donors (Lipinski definition) is 1. The molecule has 2 aromatic rings. The molecule has 0 bridgehead atoms. The van der Waals surface area contributed by atoms with Crippen molar-refractivity contribution in [3.8, 4) is 11.4 Å².